The first-order valence-electron chi connectivity index (χ1n) is 15.0. The van der Waals surface area contributed by atoms with Crippen molar-refractivity contribution in [3.63, 3.8) is 0 Å². The number of carbonyl (C=O) groups excluding carboxylic acids is 2. The van der Waals surface area contributed by atoms with Gasteiger partial charge in [-0.2, -0.15) is 0 Å². The number of aromatic nitrogens is 5. The zero-order chi connectivity index (χ0) is 31.0. The van der Waals surface area contributed by atoms with Gasteiger partial charge in [0.25, 0.3) is 5.91 Å². The second-order valence-corrected chi connectivity index (χ2v) is 13.2. The van der Waals surface area contributed by atoms with E-state index in [0.717, 1.165) is 0 Å². The lowest BCUT2D eigenvalue weighted by molar-refractivity contribution is -0.225. The van der Waals surface area contributed by atoms with Crippen molar-refractivity contribution in [3.8, 4) is 0 Å². The van der Waals surface area contributed by atoms with Crippen molar-refractivity contribution in [2.45, 2.75) is 94.8 Å². The molecule has 10 nitrogen and oxygen atoms in total. The van der Waals surface area contributed by atoms with Crippen molar-refractivity contribution in [1.82, 2.24) is 35.5 Å². The van der Waals surface area contributed by atoms with Crippen LogP contribution in [-0.2, 0) is 4.79 Å². The molecule has 2 N–H and O–H groups in total. The van der Waals surface area contributed by atoms with E-state index < -0.39 is 47.3 Å². The van der Waals surface area contributed by atoms with E-state index in [4.69, 9.17) is 0 Å². The number of aromatic amines is 1. The molecule has 236 valence electrons. The molecular formula is C29H32F5N7O3. The minimum Gasteiger partial charge on any atom is -0.340 e. The zero-order valence-corrected chi connectivity index (χ0v) is 24.0. The van der Waals surface area contributed by atoms with Gasteiger partial charge in [-0.25, -0.2) is 36.5 Å². The van der Waals surface area contributed by atoms with Crippen LogP contribution in [-0.4, -0.2) is 66.5 Å². The maximum absolute atomic E-state index is 14.3. The van der Waals surface area contributed by atoms with Crippen LogP contribution in [0.15, 0.2) is 16.8 Å². The Kier molecular flexibility index (Phi) is 6.74. The van der Waals surface area contributed by atoms with Crippen LogP contribution in [0.1, 0.15) is 97.6 Å². The number of amides is 2. The third-order valence-electron chi connectivity index (χ3n) is 10.1. The highest BCUT2D eigenvalue weighted by atomic mass is 19.3. The summed E-state index contributed by atoms with van der Waals surface area (Å²) >= 11 is 0. The van der Waals surface area contributed by atoms with Gasteiger partial charge in [-0.1, -0.05) is 5.16 Å². The maximum Gasteiger partial charge on any atom is 0.276 e. The summed E-state index contributed by atoms with van der Waals surface area (Å²) in [6.07, 6.45) is -2.30. The lowest BCUT2D eigenvalue weighted by atomic mass is 9.41. The molecule has 1 aliphatic heterocycles. The molecule has 44 heavy (non-hydrogen) atoms. The van der Waals surface area contributed by atoms with Crippen LogP contribution < -0.4 is 5.32 Å². The summed E-state index contributed by atoms with van der Waals surface area (Å²) in [4.78, 5) is 40.7. The zero-order valence-electron chi connectivity index (χ0n) is 24.0. The van der Waals surface area contributed by atoms with Crippen molar-refractivity contribution < 1.29 is 36.2 Å². The summed E-state index contributed by atoms with van der Waals surface area (Å²) in [5.41, 5.74) is -0.699. The molecule has 3 aromatic rings. The summed E-state index contributed by atoms with van der Waals surface area (Å²) < 4.78 is 74.6. The van der Waals surface area contributed by atoms with Gasteiger partial charge in [0.15, 0.2) is 11.3 Å². The molecule has 4 saturated carbocycles. The number of rotatable bonds is 7. The lowest BCUT2D eigenvalue weighted by Gasteiger charge is -2.65. The van der Waals surface area contributed by atoms with Gasteiger partial charge in [0.1, 0.15) is 17.2 Å². The van der Waals surface area contributed by atoms with Gasteiger partial charge in [-0.05, 0) is 75.1 Å². The molecule has 2 amide bonds. The summed E-state index contributed by atoms with van der Waals surface area (Å²) in [7, 11) is 0. The quantitative estimate of drug-likeness (QED) is 0.339. The third kappa shape index (κ3) is 4.91. The number of imidazole rings is 1. The van der Waals surface area contributed by atoms with E-state index in [2.05, 4.69) is 35.2 Å². The Balaban J connectivity index is 1.19. The predicted molar refractivity (Wildman–Crippen MR) is 143 cm³/mol. The monoisotopic (exact) mass is 621 g/mol. The van der Waals surface area contributed by atoms with Gasteiger partial charge >= 0.3 is 0 Å². The average molecular weight is 622 g/mol. The van der Waals surface area contributed by atoms with Gasteiger partial charge < -0.3 is 15.2 Å². The summed E-state index contributed by atoms with van der Waals surface area (Å²) in [6.45, 7) is 1.68. The molecule has 0 aromatic carbocycles. The molecule has 3 aromatic heterocycles. The fourth-order valence-electron chi connectivity index (χ4n) is 7.65. The van der Waals surface area contributed by atoms with E-state index in [-0.39, 0.29) is 93.2 Å². The van der Waals surface area contributed by atoms with Crippen molar-refractivity contribution in [3.05, 3.63) is 35.0 Å². The molecule has 0 spiro atoms. The van der Waals surface area contributed by atoms with Crippen LogP contribution in [0.2, 0.25) is 0 Å². The van der Waals surface area contributed by atoms with E-state index in [1.54, 1.807) is 24.0 Å². The van der Waals surface area contributed by atoms with Gasteiger partial charge in [0.05, 0.1) is 28.7 Å². The molecule has 5 aliphatic rings. The van der Waals surface area contributed by atoms with Crippen LogP contribution in [0.5, 0.6) is 0 Å². The largest absolute Gasteiger partial charge is 0.340 e. The highest BCUT2D eigenvalue weighted by molar-refractivity contribution is 5.93. The van der Waals surface area contributed by atoms with Crippen LogP contribution in [0.3, 0.4) is 0 Å². The maximum atomic E-state index is 14.3. The Labute approximate surface area is 248 Å². The summed E-state index contributed by atoms with van der Waals surface area (Å²) in [5, 5.41) is 10.1. The van der Waals surface area contributed by atoms with E-state index in [1.807, 2.05) is 0 Å². The van der Waals surface area contributed by atoms with Gasteiger partial charge in [-0.3, -0.25) is 9.59 Å². The number of carbonyl (C=O) groups is 2. The molecule has 2 bridgehead atoms. The van der Waals surface area contributed by atoms with E-state index in [9.17, 15) is 31.5 Å². The number of pyridine rings is 1. The van der Waals surface area contributed by atoms with Gasteiger partial charge in [0.2, 0.25) is 18.3 Å². The van der Waals surface area contributed by atoms with Crippen LogP contribution in [0.25, 0.3) is 11.2 Å². The minimum absolute atomic E-state index is 0.0100. The molecule has 5 fully saturated rings. The number of halogens is 5. The first-order valence-corrected chi connectivity index (χ1v) is 15.0. The molecule has 15 heteroatoms. The standard InChI is InChI=1S/C29H32F5N7O3/c1-14-20(40-44-39-14)25(42)37-21(15-4-7-29(33,34)8-5-15)24-36-18-3-2-17(35-23(18)38-24)19-10-16(22(30)31)6-9-41(19)26(43)27-11-28(32,12-27)13-27/h2-3,15-16,19,21-22H,4-13H2,1H3,(H,37,42)(H,35,36,38)/t16-,19-,21-,27?,28?/m0/s1. The number of H-pyrrole nitrogens is 1. The number of alkyl halides is 5. The van der Waals surface area contributed by atoms with E-state index in [0.29, 0.717) is 17.0 Å². The number of hydrogen-bond acceptors (Lipinski definition) is 7. The summed E-state index contributed by atoms with van der Waals surface area (Å²) in [5.74, 6) is -4.59. The number of nitrogens with zero attached hydrogens (tertiary/aromatic N) is 5. The summed E-state index contributed by atoms with van der Waals surface area (Å²) in [6, 6.07) is 1.81. The Morgan fingerprint density at radius 3 is 2.41 bits per heavy atom. The lowest BCUT2D eigenvalue weighted by Crippen LogP contribution is -2.70. The van der Waals surface area contributed by atoms with Crippen molar-refractivity contribution in [2.75, 3.05) is 6.54 Å². The first kappa shape index (κ1) is 29.1. The molecule has 8 rings (SSSR count). The second kappa shape index (κ2) is 10.2. The third-order valence-corrected chi connectivity index (χ3v) is 10.1. The Morgan fingerprint density at radius 2 is 1.77 bits per heavy atom. The van der Waals surface area contributed by atoms with Crippen LogP contribution >= 0.6 is 0 Å². The minimum atomic E-state index is -2.79. The first-order chi connectivity index (χ1) is 20.9. The molecule has 4 heterocycles. The van der Waals surface area contributed by atoms with Gasteiger partial charge in [0, 0.05) is 25.3 Å². The molecule has 0 radical (unpaired) electrons. The second-order valence-electron chi connectivity index (χ2n) is 13.2. The smallest absolute Gasteiger partial charge is 0.276 e. The SMILES string of the molecule is Cc1nonc1C(=O)N[C@H](c1nc2nc([C@@H]3C[C@@H](C(F)F)CCN3C(=O)C34CC(F)(C3)C4)ccc2[nH]1)C1CCC(F)(F)CC1. The van der Waals surface area contributed by atoms with Gasteiger partial charge in [-0.15, -0.1) is 0 Å². The van der Waals surface area contributed by atoms with Crippen molar-refractivity contribution >= 4 is 23.0 Å². The molecule has 0 unspecified atom stereocenters. The number of fused-ring (bicyclic) bond motifs is 1. The van der Waals surface area contributed by atoms with Crippen molar-refractivity contribution in [1.29, 1.82) is 0 Å². The number of piperidine rings is 1. The fraction of sp³-hybridized carbons (Fsp3) is 0.655. The van der Waals surface area contributed by atoms with Crippen molar-refractivity contribution in [2.24, 2.45) is 17.3 Å². The highest BCUT2D eigenvalue weighted by Crippen LogP contribution is 2.70. The van der Waals surface area contributed by atoms with E-state index in [1.165, 1.54) is 0 Å². The molecule has 3 atom stereocenters. The topological polar surface area (TPSA) is 130 Å². The Morgan fingerprint density at radius 1 is 1.05 bits per heavy atom. The molecular weight excluding hydrogens is 589 g/mol. The Hall–Kier alpha value is -3.65. The number of hydrogen-bond donors (Lipinski definition) is 2. The highest BCUT2D eigenvalue weighted by Gasteiger charge is 2.73. The normalized spacial score (nSPS) is 30.6. The average Bonchev–Trinajstić information content (AvgIpc) is 3.58. The fourth-order valence-corrected chi connectivity index (χ4v) is 7.65. The van der Waals surface area contributed by atoms with Crippen LogP contribution in [0, 0.1) is 24.2 Å². The molecule has 1 saturated heterocycles. The number of nitrogens with one attached hydrogen (secondary N) is 2. The van der Waals surface area contributed by atoms with Crippen LogP contribution in [0.4, 0.5) is 22.0 Å². The molecule has 4 aliphatic carbocycles. The number of likely N-dealkylation sites (tertiary alicyclic amines) is 1. The van der Waals surface area contributed by atoms with E-state index >= 15 is 0 Å². The number of aryl methyl sites for hydroxylation is 1. The predicted octanol–water partition coefficient (Wildman–Crippen LogP) is 5.38. The Bertz CT molecular complexity index is 1580.